The summed E-state index contributed by atoms with van der Waals surface area (Å²) in [5, 5.41) is 8.87. The van der Waals surface area contributed by atoms with Crippen LogP contribution in [0.3, 0.4) is 0 Å². The van der Waals surface area contributed by atoms with E-state index in [1.165, 1.54) is 0 Å². The van der Waals surface area contributed by atoms with Gasteiger partial charge >= 0.3 is 29.9 Å². The van der Waals surface area contributed by atoms with Crippen LogP contribution in [-0.2, 0) is 9.53 Å². The first-order chi connectivity index (χ1) is 9.54. The summed E-state index contributed by atoms with van der Waals surface area (Å²) in [6, 6.07) is 0. The topological polar surface area (TPSA) is 46.5 Å². The van der Waals surface area contributed by atoms with Gasteiger partial charge in [-0.15, -0.1) is 0 Å². The van der Waals surface area contributed by atoms with Crippen molar-refractivity contribution in [3.8, 4) is 0 Å². The minimum atomic E-state index is -7.14. The van der Waals surface area contributed by atoms with E-state index in [2.05, 4.69) is 11.3 Å². The van der Waals surface area contributed by atoms with E-state index in [0.29, 0.717) is 6.92 Å². The number of hydrogen-bond acceptors (Lipinski definition) is 3. The van der Waals surface area contributed by atoms with Crippen molar-refractivity contribution in [3.63, 3.8) is 0 Å². The van der Waals surface area contributed by atoms with Gasteiger partial charge in [-0.3, -0.25) is 0 Å². The molecule has 0 aromatic rings. The number of aliphatic hydroxyl groups is 1. The molecule has 0 aliphatic heterocycles. The Balaban J connectivity index is 5.92. The third-order valence-electron chi connectivity index (χ3n) is 2.37. The fourth-order valence-corrected chi connectivity index (χ4v) is 1.21. The summed E-state index contributed by atoms with van der Waals surface area (Å²) in [6.45, 7) is 3.02. The first-order valence-electron chi connectivity index (χ1n) is 5.25. The van der Waals surface area contributed by atoms with Gasteiger partial charge in [0.25, 0.3) is 0 Å². The van der Waals surface area contributed by atoms with Crippen LogP contribution in [0.25, 0.3) is 0 Å². The van der Waals surface area contributed by atoms with E-state index in [9.17, 15) is 44.3 Å². The Morgan fingerprint density at radius 2 is 1.45 bits per heavy atom. The molecule has 0 aliphatic rings. The van der Waals surface area contributed by atoms with Crippen LogP contribution in [0.4, 0.5) is 39.5 Å². The Hall–Kier alpha value is -1.46. The Kier molecular flexibility index (Phi) is 5.57. The standard InChI is InChI=1S/C10H9F9O3/c1-3-5(21)22-6(4(2)20)7(11,12)8(13,14)9(15,16)10(17,18)19/h3-4,6,20H,1H2,2H3. The number of aliphatic hydroxyl groups excluding tert-OH is 1. The second kappa shape index (κ2) is 5.97. The van der Waals surface area contributed by atoms with Crippen LogP contribution in [0.2, 0.25) is 0 Å². The molecule has 0 heterocycles. The quantitative estimate of drug-likeness (QED) is 0.456. The molecule has 0 aliphatic carbocycles. The first kappa shape index (κ1) is 20.5. The molecule has 0 fully saturated rings. The number of carbonyl (C=O) groups excluding carboxylic acids is 1. The number of carbonyl (C=O) groups is 1. The van der Waals surface area contributed by atoms with Gasteiger partial charge < -0.3 is 9.84 Å². The number of esters is 1. The second-order valence-corrected chi connectivity index (χ2v) is 4.07. The van der Waals surface area contributed by atoms with Gasteiger partial charge in [-0.2, -0.15) is 39.5 Å². The molecule has 0 aromatic carbocycles. The van der Waals surface area contributed by atoms with E-state index >= 15 is 0 Å². The fraction of sp³-hybridized carbons (Fsp3) is 0.700. The molecule has 0 saturated heterocycles. The Morgan fingerprint density at radius 3 is 1.73 bits per heavy atom. The van der Waals surface area contributed by atoms with Crippen molar-refractivity contribution in [3.05, 3.63) is 12.7 Å². The molecule has 0 radical (unpaired) electrons. The monoisotopic (exact) mass is 348 g/mol. The molecule has 0 aromatic heterocycles. The van der Waals surface area contributed by atoms with E-state index in [-0.39, 0.29) is 6.08 Å². The van der Waals surface area contributed by atoms with Crippen molar-refractivity contribution in [2.24, 2.45) is 0 Å². The highest BCUT2D eigenvalue weighted by Gasteiger charge is 2.84. The van der Waals surface area contributed by atoms with Crippen molar-refractivity contribution in [2.75, 3.05) is 0 Å². The van der Waals surface area contributed by atoms with Gasteiger partial charge in [-0.25, -0.2) is 4.79 Å². The molecule has 22 heavy (non-hydrogen) atoms. The molecule has 0 rings (SSSR count). The minimum absolute atomic E-state index is 0.158. The Labute approximate surface area is 117 Å². The van der Waals surface area contributed by atoms with Crippen molar-refractivity contribution in [2.45, 2.75) is 43.1 Å². The molecule has 0 spiro atoms. The van der Waals surface area contributed by atoms with Crippen LogP contribution < -0.4 is 0 Å². The number of alkyl halides is 9. The maximum absolute atomic E-state index is 13.4. The first-order valence-corrected chi connectivity index (χ1v) is 5.25. The summed E-state index contributed by atoms with van der Waals surface area (Å²) < 4.78 is 118. The molecule has 130 valence electrons. The Morgan fingerprint density at radius 1 is 1.05 bits per heavy atom. The lowest BCUT2D eigenvalue weighted by Gasteiger charge is -2.37. The lowest BCUT2D eigenvalue weighted by atomic mass is 9.96. The highest BCUT2D eigenvalue weighted by atomic mass is 19.4. The molecule has 2 unspecified atom stereocenters. The average Bonchev–Trinajstić information content (AvgIpc) is 2.32. The van der Waals surface area contributed by atoms with Gasteiger partial charge in [0.1, 0.15) is 0 Å². The zero-order chi connectivity index (χ0) is 18.1. The lowest BCUT2D eigenvalue weighted by molar-refractivity contribution is -0.408. The van der Waals surface area contributed by atoms with E-state index in [1.807, 2.05) is 0 Å². The van der Waals surface area contributed by atoms with E-state index < -0.39 is 42.1 Å². The molecule has 12 heteroatoms. The molecular weight excluding hydrogens is 339 g/mol. The summed E-state index contributed by atoms with van der Waals surface area (Å²) in [5.41, 5.74) is 0. The minimum Gasteiger partial charge on any atom is -0.450 e. The SMILES string of the molecule is C=CC(=O)OC(C(C)O)C(F)(F)C(F)(F)C(F)(F)C(F)(F)F. The van der Waals surface area contributed by atoms with Gasteiger partial charge in [-0.05, 0) is 6.92 Å². The summed E-state index contributed by atoms with van der Waals surface area (Å²) in [6.07, 6.45) is -13.2. The van der Waals surface area contributed by atoms with E-state index in [1.54, 1.807) is 0 Å². The zero-order valence-corrected chi connectivity index (χ0v) is 10.6. The lowest BCUT2D eigenvalue weighted by Crippen LogP contribution is -2.66. The average molecular weight is 348 g/mol. The van der Waals surface area contributed by atoms with Crippen LogP contribution in [0.5, 0.6) is 0 Å². The molecule has 2 atom stereocenters. The predicted octanol–water partition coefficient (Wildman–Crippen LogP) is 2.93. The molecule has 3 nitrogen and oxygen atoms in total. The molecular formula is C10H9F9O3. The number of ether oxygens (including phenoxy) is 1. The number of hydrogen-bond donors (Lipinski definition) is 1. The third-order valence-corrected chi connectivity index (χ3v) is 2.37. The summed E-state index contributed by atoms with van der Waals surface area (Å²) in [4.78, 5) is 10.7. The summed E-state index contributed by atoms with van der Waals surface area (Å²) in [7, 11) is 0. The molecule has 0 saturated carbocycles. The highest BCUT2D eigenvalue weighted by Crippen LogP contribution is 2.54. The van der Waals surface area contributed by atoms with Crippen LogP contribution in [0, 0.1) is 0 Å². The maximum Gasteiger partial charge on any atom is 0.460 e. The Bertz CT molecular complexity index is 428. The number of rotatable bonds is 6. The summed E-state index contributed by atoms with van der Waals surface area (Å²) >= 11 is 0. The van der Waals surface area contributed by atoms with Crippen LogP contribution >= 0.6 is 0 Å². The van der Waals surface area contributed by atoms with Gasteiger partial charge in [0.2, 0.25) is 0 Å². The van der Waals surface area contributed by atoms with Crippen LogP contribution in [0.1, 0.15) is 6.92 Å². The van der Waals surface area contributed by atoms with Crippen molar-refractivity contribution >= 4 is 5.97 Å². The van der Waals surface area contributed by atoms with Gasteiger partial charge in [0.15, 0.2) is 6.10 Å². The molecule has 0 bridgehead atoms. The maximum atomic E-state index is 13.4. The van der Waals surface area contributed by atoms with Gasteiger partial charge in [0, 0.05) is 6.08 Å². The third kappa shape index (κ3) is 3.31. The normalized spacial score (nSPS) is 16.9. The molecule has 1 N–H and O–H groups in total. The summed E-state index contributed by atoms with van der Waals surface area (Å²) in [5.74, 6) is -22.2. The zero-order valence-electron chi connectivity index (χ0n) is 10.6. The van der Waals surface area contributed by atoms with Crippen LogP contribution in [0.15, 0.2) is 12.7 Å². The number of halogens is 9. The van der Waals surface area contributed by atoms with Crippen molar-refractivity contribution < 1.29 is 54.2 Å². The van der Waals surface area contributed by atoms with Crippen molar-refractivity contribution in [1.82, 2.24) is 0 Å². The predicted molar refractivity (Wildman–Crippen MR) is 52.7 cm³/mol. The second-order valence-electron chi connectivity index (χ2n) is 4.07. The fourth-order valence-electron chi connectivity index (χ4n) is 1.21. The van der Waals surface area contributed by atoms with Gasteiger partial charge in [0.05, 0.1) is 6.10 Å². The molecule has 0 amide bonds. The van der Waals surface area contributed by atoms with E-state index in [0.717, 1.165) is 0 Å². The smallest absolute Gasteiger partial charge is 0.450 e. The van der Waals surface area contributed by atoms with Crippen LogP contribution in [-0.4, -0.2) is 47.2 Å². The highest BCUT2D eigenvalue weighted by molar-refractivity contribution is 5.81. The van der Waals surface area contributed by atoms with E-state index in [4.69, 9.17) is 5.11 Å². The van der Waals surface area contributed by atoms with Gasteiger partial charge in [-0.1, -0.05) is 6.58 Å². The largest absolute Gasteiger partial charge is 0.460 e. The van der Waals surface area contributed by atoms with Crippen molar-refractivity contribution in [1.29, 1.82) is 0 Å².